The Kier molecular flexibility index (Phi) is 4.04. The lowest BCUT2D eigenvalue weighted by Gasteiger charge is -2.25. The molecule has 0 aromatic heterocycles. The molecule has 0 radical (unpaired) electrons. The first-order valence-corrected chi connectivity index (χ1v) is 5.58. The Morgan fingerprint density at radius 1 is 1.69 bits per heavy atom. The molecule has 1 atom stereocenters. The lowest BCUT2D eigenvalue weighted by atomic mass is 10.0. The molecule has 1 aliphatic rings. The molecule has 74 valence electrons. The molecule has 0 aliphatic carbocycles. The van der Waals surface area contributed by atoms with Gasteiger partial charge in [-0.1, -0.05) is 0 Å². The Morgan fingerprint density at radius 3 is 2.85 bits per heavy atom. The molecular weight excluding hydrogens is 184 g/mol. The highest BCUT2D eigenvalue weighted by Gasteiger charge is 2.20. The van der Waals surface area contributed by atoms with Crippen molar-refractivity contribution in [3.8, 4) is 6.07 Å². The van der Waals surface area contributed by atoms with Crippen LogP contribution in [0.25, 0.3) is 0 Å². The largest absolute Gasteiger partial charge is 0.379 e. The summed E-state index contributed by atoms with van der Waals surface area (Å²) in [6.45, 7) is 3.57. The third-order valence-electron chi connectivity index (χ3n) is 2.06. The van der Waals surface area contributed by atoms with Crippen LogP contribution in [0.5, 0.6) is 0 Å². The van der Waals surface area contributed by atoms with Gasteiger partial charge in [-0.3, -0.25) is 0 Å². The molecule has 1 saturated heterocycles. The summed E-state index contributed by atoms with van der Waals surface area (Å²) in [6, 6.07) is 2.10. The first-order chi connectivity index (χ1) is 6.14. The second-order valence-corrected chi connectivity index (χ2v) is 5.07. The Bertz CT molecular complexity index is 196. The van der Waals surface area contributed by atoms with E-state index in [9.17, 15) is 0 Å². The van der Waals surface area contributed by atoms with Crippen molar-refractivity contribution in [1.82, 2.24) is 0 Å². The Labute approximate surface area is 83.6 Å². The van der Waals surface area contributed by atoms with Crippen molar-refractivity contribution in [2.75, 3.05) is 19.0 Å². The fourth-order valence-electron chi connectivity index (χ4n) is 1.06. The molecule has 3 nitrogen and oxygen atoms in total. The normalized spacial score (nSPS) is 21.6. The van der Waals surface area contributed by atoms with Gasteiger partial charge in [-0.2, -0.15) is 17.0 Å². The zero-order valence-electron chi connectivity index (χ0n) is 7.95. The van der Waals surface area contributed by atoms with Crippen LogP contribution in [-0.4, -0.2) is 29.8 Å². The fraction of sp³-hybridized carbons (Fsp3) is 0.889. The summed E-state index contributed by atoms with van der Waals surface area (Å²) in [6.07, 6.45) is 1.80. The number of thioether (sulfide) groups is 1. The predicted molar refractivity (Wildman–Crippen MR) is 54.5 cm³/mol. The first kappa shape index (κ1) is 10.8. The highest BCUT2D eigenvalue weighted by Crippen LogP contribution is 2.21. The van der Waals surface area contributed by atoms with Gasteiger partial charge in [0.2, 0.25) is 0 Å². The van der Waals surface area contributed by atoms with Crippen LogP contribution >= 0.6 is 11.8 Å². The molecule has 1 heterocycles. The molecule has 0 aromatic carbocycles. The van der Waals surface area contributed by atoms with Gasteiger partial charge in [-0.25, -0.2) is 0 Å². The molecule has 1 rings (SSSR count). The molecule has 0 saturated carbocycles. The van der Waals surface area contributed by atoms with Crippen LogP contribution in [0, 0.1) is 11.3 Å². The van der Waals surface area contributed by atoms with Crippen LogP contribution in [0.4, 0.5) is 0 Å². The van der Waals surface area contributed by atoms with Crippen molar-refractivity contribution in [2.45, 2.75) is 30.6 Å². The average Bonchev–Trinajstić information content (AvgIpc) is 2.01. The minimum absolute atomic E-state index is 0.642. The second-order valence-electron chi connectivity index (χ2n) is 3.66. The monoisotopic (exact) mass is 200 g/mol. The molecule has 0 amide bonds. The van der Waals surface area contributed by atoms with Crippen LogP contribution in [0.15, 0.2) is 0 Å². The van der Waals surface area contributed by atoms with Crippen molar-refractivity contribution in [1.29, 1.82) is 5.26 Å². The SMILES string of the molecule is CC(N)(C#N)CCCSC1COC1. The Morgan fingerprint density at radius 2 is 2.38 bits per heavy atom. The van der Waals surface area contributed by atoms with E-state index in [1.165, 1.54) is 0 Å². The van der Waals surface area contributed by atoms with E-state index < -0.39 is 5.54 Å². The number of hydrogen-bond acceptors (Lipinski definition) is 4. The molecule has 13 heavy (non-hydrogen) atoms. The van der Waals surface area contributed by atoms with Crippen molar-refractivity contribution in [2.24, 2.45) is 5.73 Å². The number of hydrogen-bond donors (Lipinski definition) is 1. The minimum Gasteiger partial charge on any atom is -0.379 e. The van der Waals surface area contributed by atoms with Crippen LogP contribution in [0.3, 0.4) is 0 Å². The van der Waals surface area contributed by atoms with E-state index in [-0.39, 0.29) is 0 Å². The maximum atomic E-state index is 8.66. The van der Waals surface area contributed by atoms with Gasteiger partial charge in [-0.15, -0.1) is 0 Å². The molecule has 0 aromatic rings. The lowest BCUT2D eigenvalue weighted by molar-refractivity contribution is 0.0455. The topological polar surface area (TPSA) is 59.0 Å². The van der Waals surface area contributed by atoms with Crippen molar-refractivity contribution in [3.05, 3.63) is 0 Å². The predicted octanol–water partition coefficient (Wildman–Crippen LogP) is 1.14. The van der Waals surface area contributed by atoms with E-state index in [2.05, 4.69) is 6.07 Å². The lowest BCUT2D eigenvalue weighted by Crippen LogP contribution is -2.34. The molecule has 1 aliphatic heterocycles. The molecule has 0 spiro atoms. The van der Waals surface area contributed by atoms with Crippen molar-refractivity contribution in [3.63, 3.8) is 0 Å². The molecular formula is C9H16N2OS. The minimum atomic E-state index is -0.642. The smallest absolute Gasteiger partial charge is 0.101 e. The van der Waals surface area contributed by atoms with Gasteiger partial charge in [0.25, 0.3) is 0 Å². The summed E-state index contributed by atoms with van der Waals surface area (Å²) in [4.78, 5) is 0. The molecule has 2 N–H and O–H groups in total. The summed E-state index contributed by atoms with van der Waals surface area (Å²) < 4.78 is 5.06. The standard InChI is InChI=1S/C9H16N2OS/c1-9(11,7-10)3-2-4-13-8-5-12-6-8/h8H,2-6,11H2,1H3. The Balaban J connectivity index is 1.97. The third-order valence-corrected chi connectivity index (χ3v) is 3.32. The summed E-state index contributed by atoms with van der Waals surface area (Å²) in [7, 11) is 0. The van der Waals surface area contributed by atoms with Gasteiger partial charge in [0.05, 0.1) is 24.5 Å². The average molecular weight is 200 g/mol. The molecule has 1 unspecified atom stereocenters. The van der Waals surface area contributed by atoms with E-state index in [1.54, 1.807) is 6.92 Å². The van der Waals surface area contributed by atoms with Crippen LogP contribution in [0.2, 0.25) is 0 Å². The fourth-order valence-corrected chi connectivity index (χ4v) is 2.08. The van der Waals surface area contributed by atoms with E-state index in [1.807, 2.05) is 11.8 Å². The summed E-state index contributed by atoms with van der Waals surface area (Å²) in [5.74, 6) is 1.09. The van der Waals surface area contributed by atoms with Crippen LogP contribution in [-0.2, 0) is 4.74 Å². The van der Waals surface area contributed by atoms with Gasteiger partial charge in [-0.05, 0) is 25.5 Å². The highest BCUT2D eigenvalue weighted by molar-refractivity contribution is 8.00. The van der Waals surface area contributed by atoms with E-state index in [0.29, 0.717) is 5.25 Å². The number of ether oxygens (including phenoxy) is 1. The second kappa shape index (κ2) is 4.85. The first-order valence-electron chi connectivity index (χ1n) is 4.53. The quantitative estimate of drug-likeness (QED) is 0.676. The number of nitrogens with zero attached hydrogens (tertiary/aromatic N) is 1. The van der Waals surface area contributed by atoms with Crippen LogP contribution in [0.1, 0.15) is 19.8 Å². The molecule has 1 fully saturated rings. The summed E-state index contributed by atoms with van der Waals surface area (Å²) >= 11 is 1.92. The number of nitriles is 1. The summed E-state index contributed by atoms with van der Waals surface area (Å²) in [5.41, 5.74) is 5.04. The van der Waals surface area contributed by atoms with Gasteiger partial charge < -0.3 is 10.5 Å². The van der Waals surface area contributed by atoms with E-state index >= 15 is 0 Å². The van der Waals surface area contributed by atoms with E-state index in [4.69, 9.17) is 15.7 Å². The highest BCUT2D eigenvalue weighted by atomic mass is 32.2. The van der Waals surface area contributed by atoms with Gasteiger partial charge in [0, 0.05) is 0 Å². The Hall–Kier alpha value is -0.240. The zero-order valence-corrected chi connectivity index (χ0v) is 8.77. The third kappa shape index (κ3) is 3.99. The van der Waals surface area contributed by atoms with Gasteiger partial charge >= 0.3 is 0 Å². The maximum Gasteiger partial charge on any atom is 0.101 e. The van der Waals surface area contributed by atoms with Crippen molar-refractivity contribution >= 4 is 11.8 Å². The molecule has 0 bridgehead atoms. The van der Waals surface area contributed by atoms with Gasteiger partial charge in [0.1, 0.15) is 5.54 Å². The number of nitrogens with two attached hydrogens (primary N) is 1. The van der Waals surface area contributed by atoms with Crippen LogP contribution < -0.4 is 5.73 Å². The van der Waals surface area contributed by atoms with Gasteiger partial charge in [0.15, 0.2) is 0 Å². The molecule has 4 heteroatoms. The number of rotatable bonds is 5. The van der Waals surface area contributed by atoms with E-state index in [0.717, 1.165) is 31.8 Å². The zero-order chi connectivity index (χ0) is 9.73. The van der Waals surface area contributed by atoms with Crippen molar-refractivity contribution < 1.29 is 4.74 Å². The summed E-state index contributed by atoms with van der Waals surface area (Å²) in [5, 5.41) is 9.34. The maximum absolute atomic E-state index is 8.66.